The number of methoxy groups -OCH3 is 1. The summed E-state index contributed by atoms with van der Waals surface area (Å²) in [6.45, 7) is 0. The minimum atomic E-state index is -3.59. The monoisotopic (exact) mass is 341 g/mol. The zero-order valence-electron chi connectivity index (χ0n) is 12.9. The molecule has 0 aliphatic carbocycles. The largest absolute Gasteiger partial charge is 0.466 e. The van der Waals surface area contributed by atoms with Gasteiger partial charge in [0.25, 0.3) is 0 Å². The van der Waals surface area contributed by atoms with Crippen LogP contribution in [0.3, 0.4) is 0 Å². The van der Waals surface area contributed by atoms with Crippen LogP contribution < -0.4 is 0 Å². The van der Waals surface area contributed by atoms with Gasteiger partial charge in [-0.2, -0.15) is 0 Å². The molecule has 0 saturated carbocycles. The highest BCUT2D eigenvalue weighted by Gasteiger charge is 2.21. The number of sulfone groups is 1. The van der Waals surface area contributed by atoms with Crippen LogP contribution in [0.25, 0.3) is 17.0 Å². The molecular weight excluding hydrogens is 326 g/mol. The van der Waals surface area contributed by atoms with Gasteiger partial charge in [0.05, 0.1) is 16.9 Å². The number of hydrogen-bond donors (Lipinski definition) is 1. The second-order valence-electron chi connectivity index (χ2n) is 5.13. The average Bonchev–Trinajstić information content (AvgIpc) is 3.04. The van der Waals surface area contributed by atoms with Crippen molar-refractivity contribution in [3.8, 4) is 0 Å². The van der Waals surface area contributed by atoms with Crippen LogP contribution >= 0.6 is 0 Å². The molecule has 0 radical (unpaired) electrons. The maximum Gasteiger partial charge on any atom is 0.330 e. The van der Waals surface area contributed by atoms with Gasteiger partial charge in [0.1, 0.15) is 0 Å². The molecule has 1 aromatic heterocycles. The van der Waals surface area contributed by atoms with Gasteiger partial charge in [0, 0.05) is 23.2 Å². The number of aromatic amines is 1. The second-order valence-corrected chi connectivity index (χ2v) is 7.05. The van der Waals surface area contributed by atoms with Gasteiger partial charge in [-0.3, -0.25) is 0 Å². The lowest BCUT2D eigenvalue weighted by atomic mass is 10.1. The van der Waals surface area contributed by atoms with E-state index >= 15 is 0 Å². The molecule has 1 heterocycles. The lowest BCUT2D eigenvalue weighted by Gasteiger charge is -2.03. The predicted octanol–water partition coefficient (Wildman–Crippen LogP) is 3.19. The second kappa shape index (κ2) is 6.33. The highest BCUT2D eigenvalue weighted by Crippen LogP contribution is 2.28. The third-order valence-corrected chi connectivity index (χ3v) is 5.43. The summed E-state index contributed by atoms with van der Waals surface area (Å²) in [5.74, 6) is -0.450. The maximum atomic E-state index is 12.8. The van der Waals surface area contributed by atoms with E-state index in [2.05, 4.69) is 9.72 Å². The molecule has 0 bridgehead atoms. The van der Waals surface area contributed by atoms with E-state index in [0.29, 0.717) is 10.9 Å². The van der Waals surface area contributed by atoms with Crippen molar-refractivity contribution in [1.29, 1.82) is 0 Å². The van der Waals surface area contributed by atoms with Crippen molar-refractivity contribution in [3.63, 3.8) is 0 Å². The normalized spacial score (nSPS) is 11.9. The number of rotatable bonds is 4. The molecule has 0 spiro atoms. The third-order valence-electron chi connectivity index (χ3n) is 3.62. The number of carbonyl (C=O) groups is 1. The van der Waals surface area contributed by atoms with E-state index < -0.39 is 15.8 Å². The summed E-state index contributed by atoms with van der Waals surface area (Å²) in [4.78, 5) is 14.6. The van der Waals surface area contributed by atoms with Gasteiger partial charge >= 0.3 is 5.97 Å². The summed E-state index contributed by atoms with van der Waals surface area (Å²) in [5, 5.41) is 0.606. The highest BCUT2D eigenvalue weighted by atomic mass is 32.2. The van der Waals surface area contributed by atoms with E-state index in [1.54, 1.807) is 54.6 Å². The predicted molar refractivity (Wildman–Crippen MR) is 91.2 cm³/mol. The fraction of sp³-hybridized carbons (Fsp3) is 0.0556. The topological polar surface area (TPSA) is 76.2 Å². The molecule has 24 heavy (non-hydrogen) atoms. The van der Waals surface area contributed by atoms with Crippen LogP contribution in [0.2, 0.25) is 0 Å². The van der Waals surface area contributed by atoms with Gasteiger partial charge in [-0.05, 0) is 29.8 Å². The van der Waals surface area contributed by atoms with Gasteiger partial charge in [-0.15, -0.1) is 0 Å². The summed E-state index contributed by atoms with van der Waals surface area (Å²) < 4.78 is 30.0. The zero-order valence-corrected chi connectivity index (χ0v) is 13.7. The standard InChI is InChI=1S/C18H15NO4S/c1-23-18(20)10-8-13-7-9-15-16(11-13)19-12-17(15)24(21,22)14-5-3-2-4-6-14/h2-12,19H,1H3. The molecule has 122 valence electrons. The first kappa shape index (κ1) is 16.0. The molecule has 3 aromatic rings. The zero-order chi connectivity index (χ0) is 17.2. The molecule has 6 heteroatoms. The Morgan fingerprint density at radius 1 is 1.12 bits per heavy atom. The number of esters is 1. The third kappa shape index (κ3) is 2.96. The van der Waals surface area contributed by atoms with E-state index in [0.717, 1.165) is 5.56 Å². The number of hydrogen-bond acceptors (Lipinski definition) is 4. The summed E-state index contributed by atoms with van der Waals surface area (Å²) in [7, 11) is -2.28. The molecule has 3 rings (SSSR count). The van der Waals surface area contributed by atoms with Crippen molar-refractivity contribution in [2.24, 2.45) is 0 Å². The lowest BCUT2D eigenvalue weighted by molar-refractivity contribution is -0.134. The Morgan fingerprint density at radius 2 is 1.88 bits per heavy atom. The van der Waals surface area contributed by atoms with E-state index in [-0.39, 0.29) is 9.79 Å². The molecule has 0 unspecified atom stereocenters. The number of carbonyl (C=O) groups excluding carboxylic acids is 1. The quantitative estimate of drug-likeness (QED) is 0.584. The number of benzene rings is 2. The fourth-order valence-corrected chi connectivity index (χ4v) is 3.85. The fourth-order valence-electron chi connectivity index (χ4n) is 2.40. The van der Waals surface area contributed by atoms with Gasteiger partial charge in [-0.1, -0.05) is 30.3 Å². The van der Waals surface area contributed by atoms with Gasteiger partial charge < -0.3 is 9.72 Å². The molecule has 2 aromatic carbocycles. The minimum Gasteiger partial charge on any atom is -0.466 e. The molecule has 0 aliphatic rings. The Balaban J connectivity index is 2.03. The number of fused-ring (bicyclic) bond motifs is 1. The highest BCUT2D eigenvalue weighted by molar-refractivity contribution is 7.91. The summed E-state index contributed by atoms with van der Waals surface area (Å²) >= 11 is 0. The molecular formula is C18H15NO4S. The van der Waals surface area contributed by atoms with Crippen LogP contribution in [-0.4, -0.2) is 26.5 Å². The summed E-state index contributed by atoms with van der Waals surface area (Å²) in [6, 6.07) is 13.5. The van der Waals surface area contributed by atoms with Crippen molar-refractivity contribution in [2.45, 2.75) is 9.79 Å². The van der Waals surface area contributed by atoms with Gasteiger partial charge in [-0.25, -0.2) is 13.2 Å². The van der Waals surface area contributed by atoms with E-state index in [4.69, 9.17) is 0 Å². The van der Waals surface area contributed by atoms with Gasteiger partial charge in [0.2, 0.25) is 9.84 Å². The SMILES string of the molecule is COC(=O)C=Cc1ccc2c(S(=O)(=O)c3ccccc3)c[nH]c2c1. The van der Waals surface area contributed by atoms with Crippen molar-refractivity contribution < 1.29 is 17.9 Å². The molecule has 5 nitrogen and oxygen atoms in total. The number of ether oxygens (including phenoxy) is 1. The van der Waals surface area contributed by atoms with E-state index in [9.17, 15) is 13.2 Å². The van der Waals surface area contributed by atoms with E-state index in [1.165, 1.54) is 19.4 Å². The molecule has 0 amide bonds. The number of aromatic nitrogens is 1. The van der Waals surface area contributed by atoms with Crippen molar-refractivity contribution in [1.82, 2.24) is 4.98 Å². The number of nitrogens with one attached hydrogen (secondary N) is 1. The van der Waals surface area contributed by atoms with Crippen LogP contribution in [0, 0.1) is 0 Å². The Hall–Kier alpha value is -2.86. The maximum absolute atomic E-state index is 12.8. The van der Waals surface area contributed by atoms with Crippen LogP contribution in [0.5, 0.6) is 0 Å². The van der Waals surface area contributed by atoms with Crippen LogP contribution in [0.1, 0.15) is 5.56 Å². The minimum absolute atomic E-state index is 0.229. The molecule has 0 saturated heterocycles. The summed E-state index contributed by atoms with van der Waals surface area (Å²) in [6.07, 6.45) is 4.41. The van der Waals surface area contributed by atoms with Crippen LogP contribution in [0.15, 0.2) is 70.6 Å². The molecule has 1 N–H and O–H groups in total. The Kier molecular flexibility index (Phi) is 4.22. The first-order valence-corrected chi connectivity index (χ1v) is 8.68. The van der Waals surface area contributed by atoms with E-state index in [1.807, 2.05) is 0 Å². The van der Waals surface area contributed by atoms with Crippen molar-refractivity contribution in [2.75, 3.05) is 7.11 Å². The molecule has 0 fully saturated rings. The Bertz CT molecular complexity index is 1020. The molecule has 0 atom stereocenters. The first-order chi connectivity index (χ1) is 11.5. The average molecular weight is 341 g/mol. The van der Waals surface area contributed by atoms with Crippen LogP contribution in [0.4, 0.5) is 0 Å². The Labute approximate surface area is 139 Å². The smallest absolute Gasteiger partial charge is 0.330 e. The summed E-state index contributed by atoms with van der Waals surface area (Å²) in [5.41, 5.74) is 1.44. The van der Waals surface area contributed by atoms with Crippen molar-refractivity contribution >= 4 is 32.8 Å². The lowest BCUT2D eigenvalue weighted by Crippen LogP contribution is -2.00. The van der Waals surface area contributed by atoms with Crippen LogP contribution in [-0.2, 0) is 19.4 Å². The number of H-pyrrole nitrogens is 1. The van der Waals surface area contributed by atoms with Gasteiger partial charge in [0.15, 0.2) is 0 Å². The van der Waals surface area contributed by atoms with Crippen molar-refractivity contribution in [3.05, 3.63) is 66.4 Å². The first-order valence-electron chi connectivity index (χ1n) is 7.19. The molecule has 0 aliphatic heterocycles. The Morgan fingerprint density at radius 3 is 2.58 bits per heavy atom.